The Morgan fingerprint density at radius 3 is 2.19 bits per heavy atom. The minimum Gasteiger partial charge on any atom is -0.378 e. The Hall–Kier alpha value is -2.09. The lowest BCUT2D eigenvalue weighted by Crippen LogP contribution is -2.09. The summed E-state index contributed by atoms with van der Waals surface area (Å²) in [6, 6.07) is 19.1. The van der Waals surface area contributed by atoms with Crippen LogP contribution in [0.5, 0.6) is 0 Å². The molecule has 0 saturated heterocycles. The summed E-state index contributed by atoms with van der Waals surface area (Å²) in [5.41, 5.74) is 4.92. The van der Waals surface area contributed by atoms with Crippen LogP contribution in [-0.4, -0.2) is 19.8 Å². The van der Waals surface area contributed by atoms with Gasteiger partial charge in [0.15, 0.2) is 0 Å². The van der Waals surface area contributed by atoms with Crippen LogP contribution in [0.4, 0.5) is 5.69 Å². The third-order valence-electron chi connectivity index (χ3n) is 3.50. The summed E-state index contributed by atoms with van der Waals surface area (Å²) in [5.74, 6) is 0. The van der Waals surface area contributed by atoms with Crippen LogP contribution in [0.1, 0.15) is 30.9 Å². The lowest BCUT2D eigenvalue weighted by molar-refractivity contribution is 0.965. The molecule has 0 spiro atoms. The lowest BCUT2D eigenvalue weighted by Gasteiger charge is -2.13. The van der Waals surface area contributed by atoms with Gasteiger partial charge in [-0.2, -0.15) is 0 Å². The first kappa shape index (κ1) is 15.3. The Morgan fingerprint density at radius 2 is 1.62 bits per heavy atom. The number of nitrogens with zero attached hydrogens (tertiary/aromatic N) is 2. The molecule has 2 nitrogen and oxygen atoms in total. The molecule has 2 heteroatoms. The maximum Gasteiger partial charge on any atom is 0.0643 e. The zero-order valence-electron chi connectivity index (χ0n) is 13.2. The van der Waals surface area contributed by atoms with Crippen molar-refractivity contribution in [2.75, 3.05) is 19.0 Å². The molecule has 0 unspecified atom stereocenters. The van der Waals surface area contributed by atoms with Crippen molar-refractivity contribution in [2.45, 2.75) is 26.3 Å². The summed E-state index contributed by atoms with van der Waals surface area (Å²) in [6.07, 6.45) is 2.14. The Labute approximate surface area is 128 Å². The topological polar surface area (TPSA) is 15.6 Å². The smallest absolute Gasteiger partial charge is 0.0643 e. The predicted octanol–water partition coefficient (Wildman–Crippen LogP) is 4.54. The van der Waals surface area contributed by atoms with E-state index in [1.807, 2.05) is 6.07 Å². The number of rotatable bonds is 6. The highest BCUT2D eigenvalue weighted by Crippen LogP contribution is 2.15. The quantitative estimate of drug-likeness (QED) is 0.709. The second kappa shape index (κ2) is 7.63. The normalized spacial score (nSPS) is 11.5. The Morgan fingerprint density at radius 1 is 0.952 bits per heavy atom. The van der Waals surface area contributed by atoms with Crippen molar-refractivity contribution in [3.8, 4) is 0 Å². The molecule has 2 aromatic carbocycles. The summed E-state index contributed by atoms with van der Waals surface area (Å²) in [5, 5.41) is 0. The molecule has 0 aromatic heterocycles. The zero-order chi connectivity index (χ0) is 15.1. The SMILES string of the molecule is CCC/C(=N\Cc1ccccc1)c1ccc(N(C)C)cc1. The third-order valence-corrected chi connectivity index (χ3v) is 3.50. The first-order valence-electron chi connectivity index (χ1n) is 7.55. The summed E-state index contributed by atoms with van der Waals surface area (Å²) >= 11 is 0. The number of aliphatic imine (C=N–C) groups is 1. The minimum absolute atomic E-state index is 0.756. The van der Waals surface area contributed by atoms with E-state index < -0.39 is 0 Å². The minimum atomic E-state index is 0.756. The van der Waals surface area contributed by atoms with Crippen molar-refractivity contribution in [1.82, 2.24) is 0 Å². The van der Waals surface area contributed by atoms with Crippen LogP contribution < -0.4 is 4.90 Å². The van der Waals surface area contributed by atoms with Crippen LogP contribution in [0.3, 0.4) is 0 Å². The molecule has 2 aromatic rings. The molecule has 21 heavy (non-hydrogen) atoms. The molecule has 0 amide bonds. The first-order valence-corrected chi connectivity index (χ1v) is 7.55. The van der Waals surface area contributed by atoms with Gasteiger partial charge in [0.25, 0.3) is 0 Å². The van der Waals surface area contributed by atoms with Crippen LogP contribution in [-0.2, 0) is 6.54 Å². The summed E-state index contributed by atoms with van der Waals surface area (Å²) < 4.78 is 0. The molecule has 0 radical (unpaired) electrons. The molecule has 0 aliphatic heterocycles. The van der Waals surface area contributed by atoms with E-state index in [-0.39, 0.29) is 0 Å². The van der Waals surface area contributed by atoms with Crippen LogP contribution in [0, 0.1) is 0 Å². The number of hydrogen-bond donors (Lipinski definition) is 0. The van der Waals surface area contributed by atoms with Crippen molar-refractivity contribution in [1.29, 1.82) is 0 Å². The van der Waals surface area contributed by atoms with Crippen molar-refractivity contribution in [2.24, 2.45) is 4.99 Å². The van der Waals surface area contributed by atoms with Gasteiger partial charge in [0.2, 0.25) is 0 Å². The molecule has 0 saturated carbocycles. The van der Waals surface area contributed by atoms with E-state index in [2.05, 4.69) is 74.4 Å². The molecular weight excluding hydrogens is 256 g/mol. The fourth-order valence-corrected chi connectivity index (χ4v) is 2.27. The van der Waals surface area contributed by atoms with Crippen LogP contribution in [0.15, 0.2) is 59.6 Å². The summed E-state index contributed by atoms with van der Waals surface area (Å²) in [7, 11) is 4.12. The van der Waals surface area contributed by atoms with Gasteiger partial charge in [-0.05, 0) is 29.7 Å². The molecule has 0 fully saturated rings. The van der Waals surface area contributed by atoms with Crippen LogP contribution >= 0.6 is 0 Å². The Balaban J connectivity index is 2.17. The van der Waals surface area contributed by atoms with E-state index in [1.54, 1.807) is 0 Å². The number of benzene rings is 2. The van der Waals surface area contributed by atoms with Gasteiger partial charge in [-0.15, -0.1) is 0 Å². The highest BCUT2D eigenvalue weighted by molar-refractivity contribution is 6.00. The lowest BCUT2D eigenvalue weighted by atomic mass is 10.1. The van der Waals surface area contributed by atoms with Crippen molar-refractivity contribution in [3.63, 3.8) is 0 Å². The predicted molar refractivity (Wildman–Crippen MR) is 92.4 cm³/mol. The van der Waals surface area contributed by atoms with Crippen LogP contribution in [0.25, 0.3) is 0 Å². The van der Waals surface area contributed by atoms with Gasteiger partial charge in [-0.1, -0.05) is 55.8 Å². The maximum atomic E-state index is 4.83. The largest absolute Gasteiger partial charge is 0.378 e. The summed E-state index contributed by atoms with van der Waals surface area (Å²) in [6.45, 7) is 2.96. The van der Waals surface area contributed by atoms with Gasteiger partial charge in [0.1, 0.15) is 0 Å². The van der Waals surface area contributed by atoms with E-state index in [0.717, 1.165) is 19.4 Å². The molecular formula is C19H24N2. The van der Waals surface area contributed by atoms with Crippen molar-refractivity contribution >= 4 is 11.4 Å². The first-order chi connectivity index (χ1) is 10.2. The number of hydrogen-bond acceptors (Lipinski definition) is 2. The number of anilines is 1. The van der Waals surface area contributed by atoms with Gasteiger partial charge in [-0.3, -0.25) is 4.99 Å². The highest BCUT2D eigenvalue weighted by Gasteiger charge is 2.03. The molecule has 0 atom stereocenters. The van der Waals surface area contributed by atoms with Gasteiger partial charge in [0.05, 0.1) is 6.54 Å². The van der Waals surface area contributed by atoms with Crippen LogP contribution in [0.2, 0.25) is 0 Å². The van der Waals surface area contributed by atoms with Crippen molar-refractivity contribution < 1.29 is 0 Å². The van der Waals surface area contributed by atoms with E-state index in [9.17, 15) is 0 Å². The molecule has 110 valence electrons. The molecule has 0 N–H and O–H groups in total. The van der Waals surface area contributed by atoms with E-state index in [4.69, 9.17) is 4.99 Å². The fraction of sp³-hybridized carbons (Fsp3) is 0.316. The molecule has 2 rings (SSSR count). The van der Waals surface area contributed by atoms with Gasteiger partial charge in [-0.25, -0.2) is 0 Å². The fourth-order valence-electron chi connectivity index (χ4n) is 2.27. The van der Waals surface area contributed by atoms with E-state index in [1.165, 1.54) is 22.5 Å². The monoisotopic (exact) mass is 280 g/mol. The molecule has 0 aliphatic rings. The van der Waals surface area contributed by atoms with Crippen molar-refractivity contribution in [3.05, 3.63) is 65.7 Å². The standard InChI is InChI=1S/C19H24N2/c1-4-8-19(20-15-16-9-6-5-7-10-16)17-11-13-18(14-12-17)21(2)3/h5-7,9-14H,4,8,15H2,1-3H3/b20-19+. The maximum absolute atomic E-state index is 4.83. The highest BCUT2D eigenvalue weighted by atomic mass is 15.1. The van der Waals surface area contributed by atoms with E-state index in [0.29, 0.717) is 0 Å². The average Bonchev–Trinajstić information content (AvgIpc) is 2.52. The Kier molecular flexibility index (Phi) is 5.56. The third kappa shape index (κ3) is 4.45. The Bertz CT molecular complexity index is 568. The van der Waals surface area contributed by atoms with Gasteiger partial charge >= 0.3 is 0 Å². The molecule has 0 heterocycles. The molecule has 0 aliphatic carbocycles. The average molecular weight is 280 g/mol. The second-order valence-corrected chi connectivity index (χ2v) is 5.44. The van der Waals surface area contributed by atoms with Gasteiger partial charge in [0, 0.05) is 25.5 Å². The molecule has 0 bridgehead atoms. The second-order valence-electron chi connectivity index (χ2n) is 5.44. The zero-order valence-corrected chi connectivity index (χ0v) is 13.2. The van der Waals surface area contributed by atoms with Gasteiger partial charge < -0.3 is 4.90 Å². The summed E-state index contributed by atoms with van der Waals surface area (Å²) in [4.78, 5) is 6.95. The van der Waals surface area contributed by atoms with E-state index >= 15 is 0 Å².